The molecule has 2 fully saturated rings. The van der Waals surface area contributed by atoms with Gasteiger partial charge >= 0.3 is 0 Å². The number of nitrogens with one attached hydrogen (secondary N) is 2. The van der Waals surface area contributed by atoms with E-state index in [-0.39, 0.29) is 0 Å². The van der Waals surface area contributed by atoms with E-state index in [1.807, 2.05) is 0 Å². The predicted octanol–water partition coefficient (Wildman–Crippen LogP) is -0.0438. The van der Waals surface area contributed by atoms with E-state index in [1.54, 1.807) is 0 Å². The van der Waals surface area contributed by atoms with Crippen LogP contribution < -0.4 is 10.6 Å². The molecule has 2 heterocycles. The smallest absolute Gasteiger partial charge is 0.0259 e. The summed E-state index contributed by atoms with van der Waals surface area (Å²) in [5.41, 5.74) is 0. The summed E-state index contributed by atoms with van der Waals surface area (Å²) in [4.78, 5) is 0. The highest BCUT2D eigenvalue weighted by Crippen LogP contribution is 2.22. The number of rotatable bonds is 0. The van der Waals surface area contributed by atoms with Gasteiger partial charge in [-0.15, -0.1) is 0 Å². The van der Waals surface area contributed by atoms with Crippen LogP contribution in [0.5, 0.6) is 0 Å². The Morgan fingerprint density at radius 1 is 1.33 bits per heavy atom. The summed E-state index contributed by atoms with van der Waals surface area (Å²) in [6.45, 7) is 4.74. The van der Waals surface area contributed by atoms with E-state index in [0.29, 0.717) is 6.04 Å². The molecule has 0 spiro atoms. The van der Waals surface area contributed by atoms with E-state index >= 15 is 0 Å². The molecule has 0 aromatic heterocycles. The molecular weight excluding hydrogens is 112 g/mol. The molecule has 0 radical (unpaired) electrons. The fourth-order valence-corrected chi connectivity index (χ4v) is 2.06. The van der Waals surface area contributed by atoms with Crippen molar-refractivity contribution in [1.82, 2.24) is 10.6 Å². The summed E-state index contributed by atoms with van der Waals surface area (Å²) in [6, 6.07) is 1.49. The van der Waals surface area contributed by atoms with Gasteiger partial charge in [0.05, 0.1) is 0 Å². The highest BCUT2D eigenvalue weighted by atomic mass is 15.1. The van der Waals surface area contributed by atoms with Gasteiger partial charge in [-0.05, 0) is 32.4 Å². The van der Waals surface area contributed by atoms with Gasteiger partial charge in [0, 0.05) is 12.1 Å². The molecule has 2 heteroatoms. The first-order chi connectivity index (χ1) is 4.38. The number of hydrogen-bond donors (Lipinski definition) is 2. The summed E-state index contributed by atoms with van der Waals surface area (Å²) in [5.74, 6) is 0.931. The quantitative estimate of drug-likeness (QED) is 0.476. The summed E-state index contributed by atoms with van der Waals surface area (Å²) in [5, 5.41) is 6.96. The number of hydrogen-bond acceptors (Lipinski definition) is 2. The summed E-state index contributed by atoms with van der Waals surface area (Å²) in [7, 11) is 0. The van der Waals surface area contributed by atoms with E-state index in [1.165, 1.54) is 19.5 Å². The molecule has 2 nitrogen and oxygen atoms in total. The van der Waals surface area contributed by atoms with Crippen LogP contribution in [0.3, 0.4) is 0 Å². The van der Waals surface area contributed by atoms with Gasteiger partial charge in [0.1, 0.15) is 0 Å². The maximum Gasteiger partial charge on any atom is 0.0259 e. The monoisotopic (exact) mass is 126 g/mol. The van der Waals surface area contributed by atoms with Crippen molar-refractivity contribution in [3.63, 3.8) is 0 Å². The lowest BCUT2D eigenvalue weighted by Crippen LogP contribution is -2.36. The van der Waals surface area contributed by atoms with Crippen LogP contribution in [-0.2, 0) is 0 Å². The molecule has 0 amide bonds. The van der Waals surface area contributed by atoms with Gasteiger partial charge in [-0.1, -0.05) is 0 Å². The lowest BCUT2D eigenvalue weighted by atomic mass is 10.0. The maximum atomic E-state index is 3.51. The first kappa shape index (κ1) is 5.69. The molecule has 52 valence electrons. The Bertz CT molecular complexity index is 113. The highest BCUT2D eigenvalue weighted by Gasteiger charge is 2.35. The predicted molar refractivity (Wildman–Crippen MR) is 37.4 cm³/mol. The van der Waals surface area contributed by atoms with Crippen molar-refractivity contribution >= 4 is 0 Å². The average molecular weight is 126 g/mol. The lowest BCUT2D eigenvalue weighted by molar-refractivity contribution is 0.494. The summed E-state index contributed by atoms with van der Waals surface area (Å²) < 4.78 is 0. The van der Waals surface area contributed by atoms with Crippen LogP contribution in [0.25, 0.3) is 0 Å². The zero-order valence-corrected chi connectivity index (χ0v) is 5.85. The van der Waals surface area contributed by atoms with Crippen molar-refractivity contribution in [1.29, 1.82) is 0 Å². The van der Waals surface area contributed by atoms with Crippen molar-refractivity contribution in [2.24, 2.45) is 5.92 Å². The zero-order valence-electron chi connectivity index (χ0n) is 5.85. The highest BCUT2D eigenvalue weighted by molar-refractivity contribution is 4.97. The van der Waals surface area contributed by atoms with Crippen LogP contribution in [0.4, 0.5) is 0 Å². The second kappa shape index (κ2) is 1.96. The van der Waals surface area contributed by atoms with Crippen molar-refractivity contribution in [2.75, 3.05) is 13.1 Å². The molecule has 3 unspecified atom stereocenters. The maximum absolute atomic E-state index is 3.51. The van der Waals surface area contributed by atoms with Crippen molar-refractivity contribution in [3.8, 4) is 0 Å². The van der Waals surface area contributed by atoms with Crippen LogP contribution in [0, 0.1) is 5.92 Å². The molecule has 0 aromatic carbocycles. The molecular formula is C7H14N2. The normalized spacial score (nSPS) is 49.7. The molecule has 2 rings (SSSR count). The lowest BCUT2D eigenvalue weighted by Gasteiger charge is -2.12. The van der Waals surface area contributed by atoms with E-state index < -0.39 is 0 Å². The Hall–Kier alpha value is -0.0800. The van der Waals surface area contributed by atoms with Gasteiger partial charge in [-0.3, -0.25) is 0 Å². The molecule has 2 saturated heterocycles. The third-order valence-corrected chi connectivity index (χ3v) is 2.64. The first-order valence-electron chi connectivity index (χ1n) is 3.84. The zero-order chi connectivity index (χ0) is 6.27. The second-order valence-corrected chi connectivity index (χ2v) is 3.23. The van der Waals surface area contributed by atoms with Crippen LogP contribution in [0.2, 0.25) is 0 Å². The van der Waals surface area contributed by atoms with Gasteiger partial charge in [-0.25, -0.2) is 0 Å². The van der Waals surface area contributed by atoms with E-state index in [9.17, 15) is 0 Å². The number of fused-ring (bicyclic) bond motifs is 1. The van der Waals surface area contributed by atoms with Gasteiger partial charge in [0.2, 0.25) is 0 Å². The molecule has 2 aliphatic heterocycles. The minimum absolute atomic E-state index is 0.706. The standard InChI is InChI=1S/C7H14N2/c1-5-7-6(4-9-5)2-3-8-7/h5-9H,2-4H2,1H3. The molecule has 0 saturated carbocycles. The third-order valence-electron chi connectivity index (χ3n) is 2.64. The topological polar surface area (TPSA) is 24.1 Å². The van der Waals surface area contributed by atoms with E-state index in [0.717, 1.165) is 12.0 Å². The molecule has 9 heavy (non-hydrogen) atoms. The molecule has 3 atom stereocenters. The molecule has 0 aliphatic carbocycles. The van der Waals surface area contributed by atoms with Crippen LogP contribution >= 0.6 is 0 Å². The molecule has 2 aliphatic rings. The van der Waals surface area contributed by atoms with Gasteiger partial charge in [-0.2, -0.15) is 0 Å². The van der Waals surface area contributed by atoms with Crippen molar-refractivity contribution in [2.45, 2.75) is 25.4 Å². The first-order valence-corrected chi connectivity index (χ1v) is 3.84. The fourth-order valence-electron chi connectivity index (χ4n) is 2.06. The Balaban J connectivity index is 2.07. The largest absolute Gasteiger partial charge is 0.312 e. The SMILES string of the molecule is CC1NCC2CCNC21. The molecule has 0 bridgehead atoms. The Morgan fingerprint density at radius 2 is 2.22 bits per heavy atom. The van der Waals surface area contributed by atoms with Crippen LogP contribution in [-0.4, -0.2) is 25.2 Å². The van der Waals surface area contributed by atoms with Crippen molar-refractivity contribution in [3.05, 3.63) is 0 Å². The van der Waals surface area contributed by atoms with Crippen molar-refractivity contribution < 1.29 is 0 Å². The van der Waals surface area contributed by atoms with Gasteiger partial charge in [0.25, 0.3) is 0 Å². The Kier molecular flexibility index (Phi) is 1.24. The summed E-state index contributed by atoms with van der Waals surface area (Å²) in [6.07, 6.45) is 1.38. The summed E-state index contributed by atoms with van der Waals surface area (Å²) >= 11 is 0. The molecule has 2 N–H and O–H groups in total. The van der Waals surface area contributed by atoms with E-state index in [2.05, 4.69) is 17.6 Å². The minimum Gasteiger partial charge on any atom is -0.312 e. The fraction of sp³-hybridized carbons (Fsp3) is 1.00. The minimum atomic E-state index is 0.706. The second-order valence-electron chi connectivity index (χ2n) is 3.23. The Labute approximate surface area is 56.0 Å². The third kappa shape index (κ3) is 0.775. The molecule has 0 aromatic rings. The van der Waals surface area contributed by atoms with Crippen LogP contribution in [0.15, 0.2) is 0 Å². The van der Waals surface area contributed by atoms with Gasteiger partial charge < -0.3 is 10.6 Å². The van der Waals surface area contributed by atoms with Crippen LogP contribution in [0.1, 0.15) is 13.3 Å². The Morgan fingerprint density at radius 3 is 3.00 bits per heavy atom. The van der Waals surface area contributed by atoms with Gasteiger partial charge in [0.15, 0.2) is 0 Å². The average Bonchev–Trinajstić information content (AvgIpc) is 2.35. The van der Waals surface area contributed by atoms with E-state index in [4.69, 9.17) is 0 Å².